The lowest BCUT2D eigenvalue weighted by Crippen LogP contribution is -2.51. The Balaban J connectivity index is 1.64. The molecule has 2 fully saturated rings. The number of methoxy groups -OCH3 is 1. The average molecular weight is 549 g/mol. The van der Waals surface area contributed by atoms with E-state index in [-0.39, 0.29) is 55.3 Å². The number of carbonyl (C=O) groups is 3. The fourth-order valence-corrected chi connectivity index (χ4v) is 5.96. The van der Waals surface area contributed by atoms with Crippen LogP contribution in [0.1, 0.15) is 82.8 Å². The number of nitrogens with zero attached hydrogens (tertiary/aromatic N) is 1. The molecule has 2 aliphatic rings. The molecule has 2 bridgehead atoms. The average Bonchev–Trinajstić information content (AvgIpc) is 3.53. The SMILES string of the molecule is CCCCCCCC(O)CNC(=O)N(CC)C(=O)C1C2CCC(O2)C1Cc1cc(F)ccc1CCC(=O)OC. The summed E-state index contributed by atoms with van der Waals surface area (Å²) in [5.41, 5.74) is 1.58. The number of amides is 3. The van der Waals surface area contributed by atoms with Gasteiger partial charge in [-0.15, -0.1) is 0 Å². The zero-order valence-corrected chi connectivity index (χ0v) is 23.6. The summed E-state index contributed by atoms with van der Waals surface area (Å²) in [4.78, 5) is 39.6. The molecule has 5 atom stereocenters. The number of aryl methyl sites for hydroxylation is 1. The molecule has 0 radical (unpaired) electrons. The number of ether oxygens (including phenoxy) is 2. The third-order valence-electron chi connectivity index (χ3n) is 8.12. The Morgan fingerprint density at radius 2 is 1.87 bits per heavy atom. The van der Waals surface area contributed by atoms with Crippen molar-refractivity contribution in [3.05, 3.63) is 35.1 Å². The summed E-state index contributed by atoms with van der Waals surface area (Å²) < 4.78 is 25.1. The molecule has 3 rings (SSSR count). The molecule has 0 aliphatic carbocycles. The molecule has 2 saturated heterocycles. The largest absolute Gasteiger partial charge is 0.469 e. The van der Waals surface area contributed by atoms with Crippen LogP contribution in [0, 0.1) is 17.7 Å². The maximum Gasteiger partial charge on any atom is 0.324 e. The standard InChI is InChI=1S/C30H45FN2O6/c1-4-6-7-8-9-10-23(34)19-32-30(37)33(5-2)29(36)28-24(25-14-15-26(28)39-25)18-21-17-22(31)13-11-20(21)12-16-27(35)38-3/h11,13,17,23-26,28,34H,4-10,12,14-16,18-19H2,1-3H3,(H,32,37). The molecule has 2 heterocycles. The van der Waals surface area contributed by atoms with E-state index in [2.05, 4.69) is 12.2 Å². The molecule has 2 aliphatic heterocycles. The van der Waals surface area contributed by atoms with Crippen molar-refractivity contribution in [2.75, 3.05) is 20.2 Å². The zero-order valence-electron chi connectivity index (χ0n) is 23.6. The number of halogens is 1. The van der Waals surface area contributed by atoms with Gasteiger partial charge in [0.15, 0.2) is 0 Å². The van der Waals surface area contributed by atoms with Crippen LogP contribution in [-0.2, 0) is 31.9 Å². The summed E-state index contributed by atoms with van der Waals surface area (Å²) in [6.45, 7) is 4.20. The Hall–Kier alpha value is -2.52. The molecule has 1 aromatic carbocycles. The van der Waals surface area contributed by atoms with Gasteiger partial charge in [0.1, 0.15) is 5.82 Å². The minimum absolute atomic E-state index is 0.0971. The van der Waals surface area contributed by atoms with Gasteiger partial charge in [0.25, 0.3) is 0 Å². The highest BCUT2D eigenvalue weighted by atomic mass is 19.1. The van der Waals surface area contributed by atoms with Crippen LogP contribution < -0.4 is 5.32 Å². The number of aliphatic hydroxyl groups is 1. The van der Waals surface area contributed by atoms with Crippen LogP contribution >= 0.6 is 0 Å². The van der Waals surface area contributed by atoms with Crippen LogP contribution in [0.5, 0.6) is 0 Å². The lowest BCUT2D eigenvalue weighted by atomic mass is 9.74. The van der Waals surface area contributed by atoms with Crippen LogP contribution in [0.15, 0.2) is 18.2 Å². The normalized spacial score (nSPS) is 22.5. The summed E-state index contributed by atoms with van der Waals surface area (Å²) in [6, 6.07) is 4.00. The Bertz CT molecular complexity index is 973. The summed E-state index contributed by atoms with van der Waals surface area (Å²) in [5.74, 6) is -1.74. The van der Waals surface area contributed by atoms with E-state index in [4.69, 9.17) is 9.47 Å². The molecular formula is C30H45FN2O6. The van der Waals surface area contributed by atoms with Gasteiger partial charge in [0, 0.05) is 25.4 Å². The molecule has 0 saturated carbocycles. The van der Waals surface area contributed by atoms with E-state index in [1.165, 1.54) is 30.6 Å². The summed E-state index contributed by atoms with van der Waals surface area (Å²) in [6.07, 6.45) is 7.54. The lowest BCUT2D eigenvalue weighted by Gasteiger charge is -2.31. The topological polar surface area (TPSA) is 105 Å². The molecule has 8 nitrogen and oxygen atoms in total. The number of hydrogen-bond donors (Lipinski definition) is 2. The summed E-state index contributed by atoms with van der Waals surface area (Å²) in [7, 11) is 1.34. The molecule has 3 amide bonds. The van der Waals surface area contributed by atoms with Crippen LogP contribution in [0.3, 0.4) is 0 Å². The third kappa shape index (κ3) is 8.48. The van der Waals surface area contributed by atoms with Crippen molar-refractivity contribution in [2.24, 2.45) is 11.8 Å². The summed E-state index contributed by atoms with van der Waals surface area (Å²) in [5, 5.41) is 13.0. The smallest absolute Gasteiger partial charge is 0.324 e. The van der Waals surface area contributed by atoms with E-state index in [0.717, 1.165) is 49.7 Å². The Morgan fingerprint density at radius 1 is 1.13 bits per heavy atom. The van der Waals surface area contributed by atoms with Gasteiger partial charge in [-0.1, -0.05) is 45.1 Å². The monoisotopic (exact) mass is 548 g/mol. The van der Waals surface area contributed by atoms with Gasteiger partial charge in [-0.05, 0) is 62.3 Å². The number of unbranched alkanes of at least 4 members (excludes halogenated alkanes) is 4. The first-order valence-corrected chi connectivity index (χ1v) is 14.6. The van der Waals surface area contributed by atoms with Crippen molar-refractivity contribution >= 4 is 17.9 Å². The molecule has 0 spiro atoms. The molecule has 1 aromatic rings. The number of esters is 1. The van der Waals surface area contributed by atoms with E-state index in [1.54, 1.807) is 13.0 Å². The number of nitrogens with one attached hydrogen (secondary N) is 1. The second-order valence-corrected chi connectivity index (χ2v) is 10.8. The zero-order chi connectivity index (χ0) is 28.4. The van der Waals surface area contributed by atoms with Crippen LogP contribution in [0.4, 0.5) is 9.18 Å². The van der Waals surface area contributed by atoms with Crippen molar-refractivity contribution in [1.29, 1.82) is 0 Å². The highest BCUT2D eigenvalue weighted by molar-refractivity contribution is 5.96. The Kier molecular flexibility index (Phi) is 12.2. The highest BCUT2D eigenvalue weighted by Gasteiger charge is 2.53. The molecule has 39 heavy (non-hydrogen) atoms. The first kappa shape index (κ1) is 31.0. The van der Waals surface area contributed by atoms with Gasteiger partial charge in [-0.25, -0.2) is 9.18 Å². The van der Waals surface area contributed by atoms with E-state index >= 15 is 0 Å². The first-order valence-electron chi connectivity index (χ1n) is 14.6. The van der Waals surface area contributed by atoms with Gasteiger partial charge in [-0.3, -0.25) is 14.5 Å². The minimum Gasteiger partial charge on any atom is -0.469 e. The second kappa shape index (κ2) is 15.3. The predicted molar refractivity (Wildman–Crippen MR) is 145 cm³/mol. The molecule has 5 unspecified atom stereocenters. The molecule has 0 aromatic heterocycles. The van der Waals surface area contributed by atoms with E-state index in [1.807, 2.05) is 0 Å². The van der Waals surface area contributed by atoms with E-state index in [9.17, 15) is 23.9 Å². The highest BCUT2D eigenvalue weighted by Crippen LogP contribution is 2.46. The fourth-order valence-electron chi connectivity index (χ4n) is 5.96. The van der Waals surface area contributed by atoms with Gasteiger partial charge >= 0.3 is 12.0 Å². The van der Waals surface area contributed by atoms with Crippen molar-refractivity contribution in [2.45, 2.75) is 103 Å². The van der Waals surface area contributed by atoms with Crippen LogP contribution in [0.25, 0.3) is 0 Å². The van der Waals surface area contributed by atoms with Crippen molar-refractivity contribution < 1.29 is 33.4 Å². The first-order chi connectivity index (χ1) is 18.8. The Morgan fingerprint density at radius 3 is 2.59 bits per heavy atom. The van der Waals surface area contributed by atoms with Gasteiger partial charge in [-0.2, -0.15) is 0 Å². The third-order valence-corrected chi connectivity index (χ3v) is 8.12. The van der Waals surface area contributed by atoms with Crippen LogP contribution in [0.2, 0.25) is 0 Å². The quantitative estimate of drug-likeness (QED) is 0.246. The van der Waals surface area contributed by atoms with Gasteiger partial charge < -0.3 is 19.9 Å². The minimum atomic E-state index is -0.653. The van der Waals surface area contributed by atoms with Gasteiger partial charge in [0.2, 0.25) is 5.91 Å². The molecule has 2 N–H and O–H groups in total. The van der Waals surface area contributed by atoms with Crippen molar-refractivity contribution in [3.8, 4) is 0 Å². The molecule has 9 heteroatoms. The van der Waals surface area contributed by atoms with E-state index in [0.29, 0.717) is 19.3 Å². The number of carbonyl (C=O) groups excluding carboxylic acids is 3. The maximum atomic E-state index is 14.2. The number of rotatable bonds is 15. The lowest BCUT2D eigenvalue weighted by molar-refractivity contribution is -0.140. The second-order valence-electron chi connectivity index (χ2n) is 10.8. The number of fused-ring (bicyclic) bond motifs is 2. The molecule has 218 valence electrons. The number of imide groups is 1. The van der Waals surface area contributed by atoms with Crippen molar-refractivity contribution in [1.82, 2.24) is 10.2 Å². The summed E-state index contributed by atoms with van der Waals surface area (Å²) >= 11 is 0. The molecular weight excluding hydrogens is 503 g/mol. The van der Waals surface area contributed by atoms with Crippen molar-refractivity contribution in [3.63, 3.8) is 0 Å². The van der Waals surface area contributed by atoms with Crippen LogP contribution in [-0.4, -0.2) is 66.4 Å². The number of urea groups is 1. The number of hydrogen-bond acceptors (Lipinski definition) is 6. The predicted octanol–water partition coefficient (Wildman–Crippen LogP) is 4.55. The van der Waals surface area contributed by atoms with E-state index < -0.39 is 18.1 Å². The number of aliphatic hydroxyl groups excluding tert-OH is 1. The van der Waals surface area contributed by atoms with Gasteiger partial charge in [0.05, 0.1) is 31.3 Å². The Labute approximate surface area is 231 Å². The number of benzene rings is 1. The fraction of sp³-hybridized carbons (Fsp3) is 0.700. The maximum absolute atomic E-state index is 14.2.